The number of hydrogen-bond donors (Lipinski definition) is 3. The summed E-state index contributed by atoms with van der Waals surface area (Å²) in [5.41, 5.74) is 8.53. The number of carbonyl (C=O) groups is 2. The molecule has 1 aromatic heterocycles. The molecule has 0 radical (unpaired) electrons. The van der Waals surface area contributed by atoms with E-state index < -0.39 is 0 Å². The predicted molar refractivity (Wildman–Crippen MR) is 142 cm³/mol. The normalized spacial score (nSPS) is 21.4. The van der Waals surface area contributed by atoms with Crippen molar-refractivity contribution in [3.8, 4) is 5.75 Å². The molecule has 1 saturated heterocycles. The molecule has 0 bridgehead atoms. The molecule has 3 N–H and O–H groups in total. The number of pyridine rings is 1. The van der Waals surface area contributed by atoms with Gasteiger partial charge in [-0.05, 0) is 49.2 Å². The maximum atomic E-state index is 13.2. The molecule has 3 atom stereocenters. The summed E-state index contributed by atoms with van der Waals surface area (Å²) in [6.45, 7) is 5.26. The smallest absolute Gasteiger partial charge is 0.295 e. The van der Waals surface area contributed by atoms with Crippen LogP contribution in [0, 0.1) is 12.8 Å². The number of benzene rings is 2. The molecule has 8 nitrogen and oxygen atoms in total. The second kappa shape index (κ2) is 11.7. The van der Waals surface area contributed by atoms with Crippen LogP contribution in [-0.2, 0) is 11.4 Å². The first-order valence-electron chi connectivity index (χ1n) is 13.0. The van der Waals surface area contributed by atoms with Gasteiger partial charge in [-0.1, -0.05) is 31.5 Å². The minimum atomic E-state index is -0.352. The van der Waals surface area contributed by atoms with E-state index in [2.05, 4.69) is 24.4 Å². The fourth-order valence-electron chi connectivity index (χ4n) is 5.42. The highest BCUT2D eigenvalue weighted by molar-refractivity contribution is 5.93. The Morgan fingerprint density at radius 2 is 1.92 bits per heavy atom. The molecule has 4 rings (SSSR count). The van der Waals surface area contributed by atoms with E-state index in [1.807, 2.05) is 49.4 Å². The Labute approximate surface area is 218 Å². The number of ether oxygens (including phenoxy) is 1. The van der Waals surface area contributed by atoms with Crippen molar-refractivity contribution in [2.45, 2.75) is 58.6 Å². The third kappa shape index (κ3) is 6.45. The average Bonchev–Trinajstić information content (AvgIpc) is 2.89. The van der Waals surface area contributed by atoms with Gasteiger partial charge >= 0.3 is 0 Å². The lowest BCUT2D eigenvalue weighted by molar-refractivity contribution is -0.971. The maximum absolute atomic E-state index is 13.2. The standard InChI is InChI=1S/C29H36N4O4/c1-4-7-24-17-21(18-28(34)32-36)14-15-33(24,3)31-29(35)22-10-12-25(13-11-22)37-19-23-16-20(2)30-27-9-6-5-8-26(23)27/h5-6,8-13,16,21,24H,4,7,14-15,17-19H2,1-3H3,(H2-,31,32,34,35,36)/p+1. The van der Waals surface area contributed by atoms with Crippen molar-refractivity contribution in [2.24, 2.45) is 5.92 Å². The number of likely N-dealkylation sites (tertiary alicyclic amines) is 1. The molecule has 0 saturated carbocycles. The number of aryl methyl sites for hydroxylation is 1. The van der Waals surface area contributed by atoms with Gasteiger partial charge in [0, 0.05) is 47.9 Å². The summed E-state index contributed by atoms with van der Waals surface area (Å²) < 4.78 is 6.49. The van der Waals surface area contributed by atoms with E-state index >= 15 is 0 Å². The van der Waals surface area contributed by atoms with Gasteiger partial charge in [0.05, 0.1) is 12.6 Å². The topological polar surface area (TPSA) is 101 Å². The molecular weight excluding hydrogens is 468 g/mol. The number of amides is 2. The van der Waals surface area contributed by atoms with E-state index in [9.17, 15) is 9.59 Å². The van der Waals surface area contributed by atoms with Gasteiger partial charge in [0.25, 0.3) is 5.91 Å². The molecule has 196 valence electrons. The van der Waals surface area contributed by atoms with Gasteiger partial charge < -0.3 is 4.74 Å². The van der Waals surface area contributed by atoms with Crippen molar-refractivity contribution in [3.63, 3.8) is 0 Å². The maximum Gasteiger partial charge on any atom is 0.295 e. The number of nitrogens with one attached hydrogen (secondary N) is 2. The second-order valence-electron chi connectivity index (χ2n) is 10.3. The molecule has 3 aromatic rings. The Morgan fingerprint density at radius 3 is 2.65 bits per heavy atom. The molecule has 3 unspecified atom stereocenters. The Kier molecular flexibility index (Phi) is 8.41. The fraction of sp³-hybridized carbons (Fsp3) is 0.414. The number of carbonyl (C=O) groups excluding carboxylic acids is 2. The zero-order valence-corrected chi connectivity index (χ0v) is 21.9. The molecule has 37 heavy (non-hydrogen) atoms. The summed E-state index contributed by atoms with van der Waals surface area (Å²) in [6.07, 6.45) is 3.88. The summed E-state index contributed by atoms with van der Waals surface area (Å²) in [7, 11) is 2.05. The van der Waals surface area contributed by atoms with Crippen molar-refractivity contribution < 1.29 is 24.1 Å². The van der Waals surface area contributed by atoms with Gasteiger partial charge in [-0.15, -0.1) is 0 Å². The number of rotatable bonds is 9. The number of nitrogens with zero attached hydrogens (tertiary/aromatic N) is 2. The first-order chi connectivity index (χ1) is 17.8. The monoisotopic (exact) mass is 505 g/mol. The summed E-state index contributed by atoms with van der Waals surface area (Å²) in [4.78, 5) is 29.4. The first-order valence-corrected chi connectivity index (χ1v) is 13.0. The van der Waals surface area contributed by atoms with Gasteiger partial charge in [0.2, 0.25) is 5.91 Å². The van der Waals surface area contributed by atoms with Crippen LogP contribution in [0.3, 0.4) is 0 Å². The molecule has 2 aromatic carbocycles. The molecule has 2 amide bonds. The van der Waals surface area contributed by atoms with Crippen LogP contribution < -0.4 is 15.6 Å². The van der Waals surface area contributed by atoms with Crippen LogP contribution in [0.5, 0.6) is 5.75 Å². The molecule has 1 aliphatic rings. The number of para-hydroxylation sites is 1. The minimum absolute atomic E-state index is 0.127. The van der Waals surface area contributed by atoms with Crippen molar-refractivity contribution in [1.82, 2.24) is 15.9 Å². The van der Waals surface area contributed by atoms with E-state index in [0.29, 0.717) is 28.9 Å². The largest absolute Gasteiger partial charge is 0.489 e. The number of hydroxylamine groups is 1. The van der Waals surface area contributed by atoms with Crippen molar-refractivity contribution >= 4 is 22.7 Å². The van der Waals surface area contributed by atoms with Gasteiger partial charge in [-0.25, -0.2) is 10.1 Å². The molecule has 1 aliphatic heterocycles. The van der Waals surface area contributed by atoms with Crippen LogP contribution in [0.15, 0.2) is 54.6 Å². The number of aromatic nitrogens is 1. The van der Waals surface area contributed by atoms with Crippen LogP contribution in [-0.4, -0.2) is 46.2 Å². The lowest BCUT2D eigenvalue weighted by Crippen LogP contribution is -2.66. The molecule has 0 spiro atoms. The molecule has 8 heteroatoms. The summed E-state index contributed by atoms with van der Waals surface area (Å²) in [5, 5.41) is 9.95. The Bertz CT molecular complexity index is 1250. The quantitative estimate of drug-likeness (QED) is 0.223. The average molecular weight is 506 g/mol. The van der Waals surface area contributed by atoms with Gasteiger partial charge in [-0.3, -0.25) is 19.8 Å². The summed E-state index contributed by atoms with van der Waals surface area (Å²) in [5.74, 6) is 0.416. The molecule has 0 aliphatic carbocycles. The highest BCUT2D eigenvalue weighted by atomic mass is 16.5. The highest BCUT2D eigenvalue weighted by Crippen LogP contribution is 2.31. The van der Waals surface area contributed by atoms with E-state index in [-0.39, 0.29) is 23.8 Å². The Morgan fingerprint density at radius 1 is 1.16 bits per heavy atom. The van der Waals surface area contributed by atoms with Gasteiger partial charge in [0.15, 0.2) is 0 Å². The minimum Gasteiger partial charge on any atom is -0.489 e. The predicted octanol–water partition coefficient (Wildman–Crippen LogP) is 4.69. The van der Waals surface area contributed by atoms with Gasteiger partial charge in [-0.2, -0.15) is 5.43 Å². The zero-order valence-electron chi connectivity index (χ0n) is 21.9. The molecule has 1 fully saturated rings. The van der Waals surface area contributed by atoms with Crippen LogP contribution in [0.2, 0.25) is 0 Å². The third-order valence-corrected chi connectivity index (χ3v) is 7.43. The number of fused-ring (bicyclic) bond motifs is 1. The van der Waals surface area contributed by atoms with E-state index in [4.69, 9.17) is 9.94 Å². The number of hydrogen-bond acceptors (Lipinski definition) is 5. The summed E-state index contributed by atoms with van der Waals surface area (Å²) >= 11 is 0. The Balaban J connectivity index is 1.39. The summed E-state index contributed by atoms with van der Waals surface area (Å²) in [6, 6.07) is 17.5. The fourth-order valence-corrected chi connectivity index (χ4v) is 5.42. The van der Waals surface area contributed by atoms with Crippen molar-refractivity contribution in [1.29, 1.82) is 0 Å². The highest BCUT2D eigenvalue weighted by Gasteiger charge is 2.41. The van der Waals surface area contributed by atoms with Crippen LogP contribution in [0.25, 0.3) is 10.9 Å². The van der Waals surface area contributed by atoms with Crippen LogP contribution >= 0.6 is 0 Å². The zero-order chi connectivity index (χ0) is 26.4. The SMILES string of the molecule is CCCC1CC(CC(=O)NO)CC[N+]1(C)NC(=O)c1ccc(OCc2cc(C)nc3ccccc23)cc1. The van der Waals surface area contributed by atoms with E-state index in [1.54, 1.807) is 17.6 Å². The number of quaternary nitrogens is 1. The van der Waals surface area contributed by atoms with E-state index in [1.165, 1.54) is 0 Å². The van der Waals surface area contributed by atoms with Gasteiger partial charge in [0.1, 0.15) is 24.9 Å². The number of piperidine rings is 1. The van der Waals surface area contributed by atoms with Crippen molar-refractivity contribution in [2.75, 3.05) is 13.6 Å². The molecule has 2 heterocycles. The van der Waals surface area contributed by atoms with E-state index in [0.717, 1.165) is 54.4 Å². The second-order valence-corrected chi connectivity index (χ2v) is 10.3. The van der Waals surface area contributed by atoms with Crippen LogP contribution in [0.1, 0.15) is 60.6 Å². The Hall–Kier alpha value is -3.49. The third-order valence-electron chi connectivity index (χ3n) is 7.43. The molecular formula is C29H37N4O4+. The first kappa shape index (κ1) is 26.6. The lowest BCUT2D eigenvalue weighted by atomic mass is 9.86. The van der Waals surface area contributed by atoms with Crippen molar-refractivity contribution in [3.05, 3.63) is 71.4 Å². The van der Waals surface area contributed by atoms with Crippen LogP contribution in [0.4, 0.5) is 0 Å². The lowest BCUT2D eigenvalue weighted by Gasteiger charge is -2.45.